The summed E-state index contributed by atoms with van der Waals surface area (Å²) in [5.41, 5.74) is 0.877. The van der Waals surface area contributed by atoms with Gasteiger partial charge in [-0.2, -0.15) is 0 Å². The summed E-state index contributed by atoms with van der Waals surface area (Å²) in [5.74, 6) is 0. The highest BCUT2D eigenvalue weighted by Crippen LogP contribution is 2.00. The van der Waals surface area contributed by atoms with Crippen molar-refractivity contribution in [1.29, 1.82) is 0 Å². The van der Waals surface area contributed by atoms with E-state index in [0.717, 1.165) is 31.4 Å². The second kappa shape index (κ2) is 6.33. The van der Waals surface area contributed by atoms with Crippen LogP contribution >= 0.6 is 0 Å². The van der Waals surface area contributed by atoms with E-state index in [1.165, 1.54) is 0 Å². The molecule has 0 spiro atoms. The standard InChI is InChI=1S/C8H15NO/c1-3-5-7-8(9-10)6-4-2/h3,10H,1,4-7H2,2H3. The van der Waals surface area contributed by atoms with Crippen LogP contribution in [0.5, 0.6) is 0 Å². The highest BCUT2D eigenvalue weighted by atomic mass is 16.4. The van der Waals surface area contributed by atoms with E-state index >= 15 is 0 Å². The summed E-state index contributed by atoms with van der Waals surface area (Å²) in [5, 5.41) is 11.6. The SMILES string of the molecule is C=CCCC(CCC)=NO. The maximum Gasteiger partial charge on any atom is 0.0573 e. The van der Waals surface area contributed by atoms with Crippen LogP contribution in [0.1, 0.15) is 32.6 Å². The third-order valence-electron chi connectivity index (χ3n) is 1.32. The minimum atomic E-state index is 0.841. The quantitative estimate of drug-likeness (QED) is 0.271. The molecule has 0 aromatic heterocycles. The molecule has 0 saturated carbocycles. The fraction of sp³-hybridized carbons (Fsp3) is 0.625. The zero-order valence-corrected chi connectivity index (χ0v) is 6.51. The van der Waals surface area contributed by atoms with Crippen LogP contribution in [0.2, 0.25) is 0 Å². The van der Waals surface area contributed by atoms with Gasteiger partial charge in [-0.1, -0.05) is 24.6 Å². The van der Waals surface area contributed by atoms with Crippen molar-refractivity contribution < 1.29 is 5.21 Å². The Morgan fingerprint density at radius 2 is 2.30 bits per heavy atom. The van der Waals surface area contributed by atoms with E-state index < -0.39 is 0 Å². The molecule has 0 atom stereocenters. The van der Waals surface area contributed by atoms with Crippen molar-refractivity contribution in [2.45, 2.75) is 32.6 Å². The van der Waals surface area contributed by atoms with Crippen molar-refractivity contribution in [3.8, 4) is 0 Å². The first-order valence-corrected chi connectivity index (χ1v) is 3.65. The molecule has 58 valence electrons. The van der Waals surface area contributed by atoms with E-state index in [2.05, 4.69) is 18.7 Å². The molecule has 0 rings (SSSR count). The van der Waals surface area contributed by atoms with Gasteiger partial charge in [-0.25, -0.2) is 0 Å². The molecule has 0 aliphatic rings. The van der Waals surface area contributed by atoms with Gasteiger partial charge in [0.2, 0.25) is 0 Å². The molecular weight excluding hydrogens is 126 g/mol. The fourth-order valence-corrected chi connectivity index (χ4v) is 0.782. The molecule has 2 heteroatoms. The summed E-state index contributed by atoms with van der Waals surface area (Å²) >= 11 is 0. The predicted octanol–water partition coefficient (Wildman–Crippen LogP) is 2.58. The molecule has 0 aliphatic carbocycles. The Morgan fingerprint density at radius 3 is 2.70 bits per heavy atom. The van der Waals surface area contributed by atoms with Crippen LogP contribution < -0.4 is 0 Å². The molecule has 2 nitrogen and oxygen atoms in total. The zero-order valence-electron chi connectivity index (χ0n) is 6.51. The molecule has 1 N–H and O–H groups in total. The van der Waals surface area contributed by atoms with E-state index in [1.807, 2.05) is 6.08 Å². The smallest absolute Gasteiger partial charge is 0.0573 e. The molecule has 0 radical (unpaired) electrons. The predicted molar refractivity (Wildman–Crippen MR) is 43.6 cm³/mol. The minimum absolute atomic E-state index is 0.841. The van der Waals surface area contributed by atoms with Gasteiger partial charge in [-0.3, -0.25) is 0 Å². The number of hydrogen-bond acceptors (Lipinski definition) is 2. The molecule has 0 aromatic carbocycles. The van der Waals surface area contributed by atoms with Crippen molar-refractivity contribution in [1.82, 2.24) is 0 Å². The van der Waals surface area contributed by atoms with E-state index in [4.69, 9.17) is 5.21 Å². The molecule has 0 amide bonds. The van der Waals surface area contributed by atoms with Gasteiger partial charge in [-0.15, -0.1) is 6.58 Å². The monoisotopic (exact) mass is 141 g/mol. The Hall–Kier alpha value is -0.790. The third-order valence-corrected chi connectivity index (χ3v) is 1.32. The summed E-state index contributed by atoms with van der Waals surface area (Å²) in [6.07, 6.45) is 5.51. The van der Waals surface area contributed by atoms with Crippen LogP contribution in [0.4, 0.5) is 0 Å². The van der Waals surface area contributed by atoms with Crippen molar-refractivity contribution in [2.75, 3.05) is 0 Å². The highest BCUT2D eigenvalue weighted by Gasteiger charge is 1.95. The van der Waals surface area contributed by atoms with Crippen molar-refractivity contribution in [3.05, 3.63) is 12.7 Å². The summed E-state index contributed by atoms with van der Waals surface area (Å²) in [6, 6.07) is 0. The summed E-state index contributed by atoms with van der Waals surface area (Å²) in [6.45, 7) is 5.66. The Bertz CT molecular complexity index is 118. The second-order valence-corrected chi connectivity index (χ2v) is 2.24. The lowest BCUT2D eigenvalue weighted by Gasteiger charge is -1.97. The van der Waals surface area contributed by atoms with Gasteiger partial charge in [-0.05, 0) is 19.3 Å². The average molecular weight is 141 g/mol. The molecule has 0 heterocycles. The van der Waals surface area contributed by atoms with Crippen LogP contribution in [0.15, 0.2) is 17.8 Å². The lowest BCUT2D eigenvalue weighted by Crippen LogP contribution is -1.96. The van der Waals surface area contributed by atoms with Gasteiger partial charge in [0.15, 0.2) is 0 Å². The maximum atomic E-state index is 8.44. The van der Waals surface area contributed by atoms with Gasteiger partial charge < -0.3 is 5.21 Å². The van der Waals surface area contributed by atoms with Gasteiger partial charge >= 0.3 is 0 Å². The first-order valence-electron chi connectivity index (χ1n) is 3.65. The van der Waals surface area contributed by atoms with E-state index in [9.17, 15) is 0 Å². The lowest BCUT2D eigenvalue weighted by atomic mass is 10.1. The molecule has 0 fully saturated rings. The van der Waals surface area contributed by atoms with E-state index in [-0.39, 0.29) is 0 Å². The van der Waals surface area contributed by atoms with Crippen LogP contribution in [-0.4, -0.2) is 10.9 Å². The van der Waals surface area contributed by atoms with Crippen LogP contribution in [0.25, 0.3) is 0 Å². The van der Waals surface area contributed by atoms with Gasteiger partial charge in [0.25, 0.3) is 0 Å². The Labute approximate surface area is 62.2 Å². The summed E-state index contributed by atoms with van der Waals surface area (Å²) in [4.78, 5) is 0. The number of rotatable bonds is 5. The number of allylic oxidation sites excluding steroid dienone is 1. The molecule has 0 saturated heterocycles. The van der Waals surface area contributed by atoms with Gasteiger partial charge in [0.1, 0.15) is 0 Å². The average Bonchev–Trinajstić information content (AvgIpc) is 1.98. The summed E-state index contributed by atoms with van der Waals surface area (Å²) in [7, 11) is 0. The second-order valence-electron chi connectivity index (χ2n) is 2.24. The first kappa shape index (κ1) is 9.21. The van der Waals surface area contributed by atoms with Crippen molar-refractivity contribution in [3.63, 3.8) is 0 Å². The largest absolute Gasteiger partial charge is 0.411 e. The highest BCUT2D eigenvalue weighted by molar-refractivity contribution is 5.83. The Morgan fingerprint density at radius 1 is 1.60 bits per heavy atom. The van der Waals surface area contributed by atoms with Crippen LogP contribution in [0, 0.1) is 0 Å². The fourth-order valence-electron chi connectivity index (χ4n) is 0.782. The molecule has 0 unspecified atom stereocenters. The van der Waals surface area contributed by atoms with Crippen molar-refractivity contribution >= 4 is 5.71 Å². The normalized spacial score (nSPS) is 11.5. The topological polar surface area (TPSA) is 32.6 Å². The molecule has 0 aromatic rings. The van der Waals surface area contributed by atoms with E-state index in [0.29, 0.717) is 0 Å². The molecule has 0 aliphatic heterocycles. The zero-order chi connectivity index (χ0) is 7.82. The molecule has 10 heavy (non-hydrogen) atoms. The maximum absolute atomic E-state index is 8.44. The molecular formula is C8H15NO. The van der Waals surface area contributed by atoms with Gasteiger partial charge in [0.05, 0.1) is 5.71 Å². The number of nitrogens with zero attached hydrogens (tertiary/aromatic N) is 1. The molecule has 0 bridgehead atoms. The minimum Gasteiger partial charge on any atom is -0.411 e. The van der Waals surface area contributed by atoms with E-state index in [1.54, 1.807) is 0 Å². The van der Waals surface area contributed by atoms with Gasteiger partial charge in [0, 0.05) is 0 Å². The Balaban J connectivity index is 3.51. The third kappa shape index (κ3) is 4.13. The lowest BCUT2D eigenvalue weighted by molar-refractivity contribution is 0.316. The van der Waals surface area contributed by atoms with Crippen LogP contribution in [0.3, 0.4) is 0 Å². The first-order chi connectivity index (χ1) is 4.85. The number of oxime groups is 1. The summed E-state index contributed by atoms with van der Waals surface area (Å²) < 4.78 is 0. The number of hydrogen-bond donors (Lipinski definition) is 1. The van der Waals surface area contributed by atoms with Crippen LogP contribution in [-0.2, 0) is 0 Å². The van der Waals surface area contributed by atoms with Crippen molar-refractivity contribution in [2.24, 2.45) is 5.16 Å². The Kier molecular flexibility index (Phi) is 5.83.